The van der Waals surface area contributed by atoms with Crippen LogP contribution in [-0.4, -0.2) is 29.6 Å². The minimum Gasteiger partial charge on any atom is -0.481 e. The lowest BCUT2D eigenvalue weighted by Gasteiger charge is -2.15. The summed E-state index contributed by atoms with van der Waals surface area (Å²) in [5, 5.41) is 11.2. The van der Waals surface area contributed by atoms with Gasteiger partial charge in [0.2, 0.25) is 5.91 Å². The first-order chi connectivity index (χ1) is 7.51. The zero-order valence-corrected chi connectivity index (χ0v) is 9.40. The molecule has 0 saturated carbocycles. The molecule has 0 fully saturated rings. The average Bonchev–Trinajstić information content (AvgIpc) is 2.23. The van der Waals surface area contributed by atoms with Crippen molar-refractivity contribution >= 4 is 11.9 Å². The number of nitrogens with one attached hydrogen (secondary N) is 1. The maximum Gasteiger partial charge on any atom is 0.303 e. The second-order valence-electron chi connectivity index (χ2n) is 3.63. The maximum absolute atomic E-state index is 11.4. The van der Waals surface area contributed by atoms with E-state index in [0.717, 1.165) is 0 Å². The van der Waals surface area contributed by atoms with E-state index < -0.39 is 12.0 Å². The molecule has 0 radical (unpaired) electrons. The standard InChI is InChI=1S/C11H18N2O3/c1-3-5-9(12)11(16)13-7-8(4-2)6-10(14)15/h1,8-9H,4-7,12H2,2H3,(H,13,16)(H,14,15). The van der Waals surface area contributed by atoms with Gasteiger partial charge in [-0.15, -0.1) is 12.3 Å². The first kappa shape index (κ1) is 14.5. The Morgan fingerprint density at radius 2 is 2.19 bits per heavy atom. The summed E-state index contributed by atoms with van der Waals surface area (Å²) in [5.74, 6) is 1.03. The Kier molecular flexibility index (Phi) is 6.97. The van der Waals surface area contributed by atoms with Gasteiger partial charge < -0.3 is 16.2 Å². The lowest BCUT2D eigenvalue weighted by molar-refractivity contribution is -0.138. The number of carboxylic acids is 1. The topological polar surface area (TPSA) is 92.4 Å². The molecular weight excluding hydrogens is 208 g/mol. The maximum atomic E-state index is 11.4. The number of carboxylic acid groups (broad SMARTS) is 1. The number of amides is 1. The third-order valence-corrected chi connectivity index (χ3v) is 2.28. The molecule has 2 unspecified atom stereocenters. The van der Waals surface area contributed by atoms with Crippen LogP contribution in [0.15, 0.2) is 0 Å². The number of hydrogen-bond acceptors (Lipinski definition) is 3. The largest absolute Gasteiger partial charge is 0.481 e. The van der Waals surface area contributed by atoms with E-state index in [1.807, 2.05) is 6.92 Å². The molecule has 0 aliphatic heterocycles. The highest BCUT2D eigenvalue weighted by atomic mass is 16.4. The summed E-state index contributed by atoms with van der Waals surface area (Å²) in [7, 11) is 0. The van der Waals surface area contributed by atoms with Gasteiger partial charge in [-0.2, -0.15) is 0 Å². The van der Waals surface area contributed by atoms with Gasteiger partial charge in [0.25, 0.3) is 0 Å². The van der Waals surface area contributed by atoms with Crippen LogP contribution in [0.3, 0.4) is 0 Å². The van der Waals surface area contributed by atoms with Gasteiger partial charge >= 0.3 is 5.97 Å². The molecule has 0 spiro atoms. The van der Waals surface area contributed by atoms with Crippen LogP contribution in [0, 0.1) is 18.3 Å². The smallest absolute Gasteiger partial charge is 0.303 e. The zero-order chi connectivity index (χ0) is 12.6. The molecule has 0 heterocycles. The van der Waals surface area contributed by atoms with Crippen molar-refractivity contribution in [2.45, 2.75) is 32.2 Å². The first-order valence-corrected chi connectivity index (χ1v) is 5.19. The second kappa shape index (κ2) is 7.71. The van der Waals surface area contributed by atoms with E-state index in [9.17, 15) is 9.59 Å². The van der Waals surface area contributed by atoms with Gasteiger partial charge in [0.05, 0.1) is 6.04 Å². The zero-order valence-electron chi connectivity index (χ0n) is 9.40. The molecular formula is C11H18N2O3. The van der Waals surface area contributed by atoms with Crippen LogP contribution >= 0.6 is 0 Å². The monoisotopic (exact) mass is 226 g/mol. The molecule has 0 saturated heterocycles. The number of carbonyl (C=O) groups excluding carboxylic acids is 1. The predicted octanol–water partition coefficient (Wildman–Crippen LogP) is -0.0459. The normalized spacial score (nSPS) is 13.6. The molecule has 0 aromatic carbocycles. The molecule has 1 amide bonds. The van der Waals surface area contributed by atoms with E-state index >= 15 is 0 Å². The third-order valence-electron chi connectivity index (χ3n) is 2.28. The number of aliphatic carboxylic acids is 1. The van der Waals surface area contributed by atoms with Crippen molar-refractivity contribution in [1.82, 2.24) is 5.32 Å². The summed E-state index contributed by atoms with van der Waals surface area (Å²) >= 11 is 0. The number of rotatable bonds is 7. The van der Waals surface area contributed by atoms with Crippen LogP contribution in [0.1, 0.15) is 26.2 Å². The molecule has 0 rings (SSSR count). The van der Waals surface area contributed by atoms with E-state index in [1.165, 1.54) is 0 Å². The summed E-state index contributed by atoms with van der Waals surface area (Å²) in [6.45, 7) is 2.20. The van der Waals surface area contributed by atoms with Gasteiger partial charge in [-0.3, -0.25) is 9.59 Å². The van der Waals surface area contributed by atoms with Crippen LogP contribution < -0.4 is 11.1 Å². The van der Waals surface area contributed by atoms with Gasteiger partial charge in [-0.1, -0.05) is 13.3 Å². The molecule has 5 heteroatoms. The van der Waals surface area contributed by atoms with Crippen molar-refractivity contribution in [2.24, 2.45) is 11.7 Å². The quantitative estimate of drug-likeness (QED) is 0.531. The Hall–Kier alpha value is -1.54. The van der Waals surface area contributed by atoms with Crippen molar-refractivity contribution in [3.8, 4) is 12.3 Å². The van der Waals surface area contributed by atoms with Crippen molar-refractivity contribution in [1.29, 1.82) is 0 Å². The van der Waals surface area contributed by atoms with E-state index in [0.29, 0.717) is 13.0 Å². The van der Waals surface area contributed by atoms with Crippen molar-refractivity contribution < 1.29 is 14.7 Å². The second-order valence-corrected chi connectivity index (χ2v) is 3.63. The Bertz CT molecular complexity index is 283. The SMILES string of the molecule is C#CCC(N)C(=O)NCC(CC)CC(=O)O. The molecule has 0 aromatic heterocycles. The summed E-state index contributed by atoms with van der Waals surface area (Å²) in [5.41, 5.74) is 5.49. The van der Waals surface area contributed by atoms with E-state index in [2.05, 4.69) is 11.2 Å². The van der Waals surface area contributed by atoms with E-state index in [-0.39, 0.29) is 24.7 Å². The molecule has 0 aromatic rings. The Balaban J connectivity index is 3.97. The Morgan fingerprint density at radius 3 is 2.62 bits per heavy atom. The van der Waals surface area contributed by atoms with Gasteiger partial charge in [-0.25, -0.2) is 0 Å². The summed E-state index contributed by atoms with van der Waals surface area (Å²) in [4.78, 5) is 21.8. The molecule has 16 heavy (non-hydrogen) atoms. The molecule has 0 aliphatic rings. The summed E-state index contributed by atoms with van der Waals surface area (Å²) in [6, 6.07) is -0.715. The lowest BCUT2D eigenvalue weighted by Crippen LogP contribution is -2.42. The molecule has 5 nitrogen and oxygen atoms in total. The fourth-order valence-electron chi connectivity index (χ4n) is 1.20. The number of hydrogen-bond donors (Lipinski definition) is 3. The third kappa shape index (κ3) is 6.04. The highest BCUT2D eigenvalue weighted by Gasteiger charge is 2.15. The van der Waals surface area contributed by atoms with E-state index in [1.54, 1.807) is 0 Å². The van der Waals surface area contributed by atoms with Gasteiger partial charge in [0.15, 0.2) is 0 Å². The van der Waals surface area contributed by atoms with Crippen molar-refractivity contribution in [3.05, 3.63) is 0 Å². The summed E-state index contributed by atoms with van der Waals surface area (Å²) < 4.78 is 0. The first-order valence-electron chi connectivity index (χ1n) is 5.19. The lowest BCUT2D eigenvalue weighted by atomic mass is 10.0. The number of terminal acetylenes is 1. The van der Waals surface area contributed by atoms with Gasteiger partial charge in [-0.05, 0) is 5.92 Å². The van der Waals surface area contributed by atoms with Crippen molar-refractivity contribution in [3.63, 3.8) is 0 Å². The van der Waals surface area contributed by atoms with E-state index in [4.69, 9.17) is 17.3 Å². The van der Waals surface area contributed by atoms with Crippen LogP contribution in [0.25, 0.3) is 0 Å². The Labute approximate surface area is 95.4 Å². The van der Waals surface area contributed by atoms with Crippen LogP contribution in [0.4, 0.5) is 0 Å². The minimum atomic E-state index is -0.867. The summed E-state index contributed by atoms with van der Waals surface area (Å²) in [6.07, 6.45) is 5.94. The highest BCUT2D eigenvalue weighted by Crippen LogP contribution is 2.06. The van der Waals surface area contributed by atoms with Crippen LogP contribution in [-0.2, 0) is 9.59 Å². The molecule has 0 aliphatic carbocycles. The van der Waals surface area contributed by atoms with Crippen LogP contribution in [0.2, 0.25) is 0 Å². The molecule has 2 atom stereocenters. The predicted molar refractivity (Wildman–Crippen MR) is 60.5 cm³/mol. The molecule has 0 bridgehead atoms. The number of nitrogens with two attached hydrogens (primary N) is 1. The fourth-order valence-corrected chi connectivity index (χ4v) is 1.20. The average molecular weight is 226 g/mol. The van der Waals surface area contributed by atoms with Gasteiger partial charge in [0, 0.05) is 19.4 Å². The van der Waals surface area contributed by atoms with Crippen molar-refractivity contribution in [2.75, 3.05) is 6.54 Å². The highest BCUT2D eigenvalue weighted by molar-refractivity contribution is 5.81. The number of carbonyl (C=O) groups is 2. The molecule has 4 N–H and O–H groups in total. The minimum absolute atomic E-state index is 0.0428. The molecule has 90 valence electrons. The van der Waals surface area contributed by atoms with Gasteiger partial charge in [0.1, 0.15) is 0 Å². The van der Waals surface area contributed by atoms with Crippen LogP contribution in [0.5, 0.6) is 0 Å². The Morgan fingerprint density at radius 1 is 1.56 bits per heavy atom. The fraction of sp³-hybridized carbons (Fsp3) is 0.636.